The molecule has 0 unspecified atom stereocenters. The number of H-pyrrole nitrogens is 1. The fraction of sp³-hybridized carbons (Fsp3) is 0.571. The van der Waals surface area contributed by atoms with E-state index in [4.69, 9.17) is 4.74 Å². The smallest absolute Gasteiger partial charge is 0.271 e. The molecular formula is C21H29N5O3. The van der Waals surface area contributed by atoms with Crippen molar-refractivity contribution in [3.63, 3.8) is 0 Å². The number of nitrogens with zero attached hydrogens (tertiary/aromatic N) is 4. The van der Waals surface area contributed by atoms with Gasteiger partial charge in [0.05, 0.1) is 24.9 Å². The first-order chi connectivity index (χ1) is 13.9. The van der Waals surface area contributed by atoms with Crippen LogP contribution >= 0.6 is 0 Å². The lowest BCUT2D eigenvalue weighted by Gasteiger charge is -2.41. The third kappa shape index (κ3) is 3.62. The molecule has 1 N–H and O–H groups in total. The molecular weight excluding hydrogens is 370 g/mol. The highest BCUT2D eigenvalue weighted by Gasteiger charge is 2.39. The van der Waals surface area contributed by atoms with E-state index in [1.165, 1.54) is 0 Å². The number of nitrogens with one attached hydrogen (secondary N) is 1. The molecule has 2 aromatic rings. The third-order valence-electron chi connectivity index (χ3n) is 5.88. The van der Waals surface area contributed by atoms with Gasteiger partial charge in [-0.2, -0.15) is 5.10 Å². The molecule has 0 spiro atoms. The highest BCUT2D eigenvalue weighted by molar-refractivity contribution is 6.04. The minimum absolute atomic E-state index is 0.0781. The van der Waals surface area contributed by atoms with Crippen LogP contribution < -0.4 is 0 Å². The van der Waals surface area contributed by atoms with Crippen LogP contribution in [0.25, 0.3) is 0 Å². The highest BCUT2D eigenvalue weighted by Crippen LogP contribution is 2.33. The molecule has 1 fully saturated rings. The first-order valence-corrected chi connectivity index (χ1v) is 10.2. The number of carbonyl (C=O) groups is 2. The number of Topliss-reactive ketones (excluding diaryl/α,β-unsaturated/α-hetero) is 1. The Morgan fingerprint density at radius 1 is 1.38 bits per heavy atom. The molecule has 1 aliphatic heterocycles. The molecule has 156 valence electrons. The summed E-state index contributed by atoms with van der Waals surface area (Å²) in [6, 6.07) is -0.234. The lowest BCUT2D eigenvalue weighted by Crippen LogP contribution is -2.51. The van der Waals surface area contributed by atoms with Crippen LogP contribution in [0.1, 0.15) is 56.6 Å². The van der Waals surface area contributed by atoms with Crippen molar-refractivity contribution >= 4 is 11.7 Å². The Hall–Kier alpha value is -2.45. The topological polar surface area (TPSA) is 83.5 Å². The summed E-state index contributed by atoms with van der Waals surface area (Å²) in [7, 11) is 5.87. The van der Waals surface area contributed by atoms with Crippen LogP contribution in [-0.2, 0) is 18.2 Å². The van der Waals surface area contributed by atoms with E-state index in [1.54, 1.807) is 10.9 Å². The van der Waals surface area contributed by atoms with Crippen LogP contribution in [0.3, 0.4) is 0 Å². The van der Waals surface area contributed by atoms with Gasteiger partial charge in [0.25, 0.3) is 5.91 Å². The quantitative estimate of drug-likeness (QED) is 0.846. The maximum atomic E-state index is 13.7. The van der Waals surface area contributed by atoms with Gasteiger partial charge < -0.3 is 19.5 Å². The van der Waals surface area contributed by atoms with Crippen LogP contribution in [0.15, 0.2) is 12.4 Å². The van der Waals surface area contributed by atoms with Gasteiger partial charge >= 0.3 is 0 Å². The number of likely N-dealkylation sites (N-methyl/N-ethyl adjacent to an activating group) is 1. The van der Waals surface area contributed by atoms with Crippen LogP contribution in [0.4, 0.5) is 0 Å². The summed E-state index contributed by atoms with van der Waals surface area (Å²) in [5.41, 5.74) is 3.88. The standard InChI is InChI=1S/C21H29N5O3/c1-13-18-15(6-5-7-16(18)27)23-19(13)21(28)26-8-9-29-17(12-24(2)3)20(26)14-10-22-25(4)11-14/h10-11,17,20,23H,5-9,12H2,1-4H3/t17-,20-/m0/s1. The van der Waals surface area contributed by atoms with E-state index in [1.807, 2.05) is 39.2 Å². The first-order valence-electron chi connectivity index (χ1n) is 10.2. The molecule has 1 saturated heterocycles. The molecule has 1 aliphatic carbocycles. The predicted octanol–water partition coefficient (Wildman–Crippen LogP) is 1.72. The molecule has 2 atom stereocenters. The van der Waals surface area contributed by atoms with Crippen LogP contribution in [0.2, 0.25) is 0 Å². The number of rotatable bonds is 4. The minimum atomic E-state index is -0.234. The predicted molar refractivity (Wildman–Crippen MR) is 108 cm³/mol. The van der Waals surface area contributed by atoms with Crippen molar-refractivity contribution in [1.29, 1.82) is 0 Å². The van der Waals surface area contributed by atoms with Crippen molar-refractivity contribution in [2.45, 2.75) is 38.3 Å². The fourth-order valence-corrected chi connectivity index (χ4v) is 4.59. The third-order valence-corrected chi connectivity index (χ3v) is 5.88. The largest absolute Gasteiger partial charge is 0.373 e. The average Bonchev–Trinajstić information content (AvgIpc) is 3.24. The Labute approximate surface area is 170 Å². The number of ether oxygens (including phenoxy) is 1. The molecule has 8 nitrogen and oxygen atoms in total. The summed E-state index contributed by atoms with van der Waals surface area (Å²) in [5, 5.41) is 4.31. The van der Waals surface area contributed by atoms with E-state index >= 15 is 0 Å². The lowest BCUT2D eigenvalue weighted by molar-refractivity contribution is -0.0686. The Bertz CT molecular complexity index is 929. The minimum Gasteiger partial charge on any atom is -0.373 e. The number of aryl methyl sites for hydroxylation is 2. The van der Waals surface area contributed by atoms with E-state index in [0.717, 1.165) is 35.2 Å². The number of ketones is 1. The van der Waals surface area contributed by atoms with E-state index in [2.05, 4.69) is 15.0 Å². The normalized spacial score (nSPS) is 22.2. The Morgan fingerprint density at radius 3 is 2.83 bits per heavy atom. The molecule has 0 saturated carbocycles. The monoisotopic (exact) mass is 399 g/mol. The van der Waals surface area contributed by atoms with Crippen LogP contribution in [0, 0.1) is 6.92 Å². The molecule has 29 heavy (non-hydrogen) atoms. The van der Waals surface area contributed by atoms with Gasteiger partial charge in [0, 0.05) is 49.6 Å². The maximum Gasteiger partial charge on any atom is 0.271 e. The second kappa shape index (κ2) is 7.76. The molecule has 2 aromatic heterocycles. The van der Waals surface area contributed by atoms with Crippen LogP contribution in [0.5, 0.6) is 0 Å². The van der Waals surface area contributed by atoms with Crippen molar-refractivity contribution in [1.82, 2.24) is 24.6 Å². The highest BCUT2D eigenvalue weighted by atomic mass is 16.5. The van der Waals surface area contributed by atoms with Gasteiger partial charge in [0.1, 0.15) is 5.69 Å². The zero-order valence-corrected chi connectivity index (χ0v) is 17.6. The number of aromatic nitrogens is 3. The molecule has 0 bridgehead atoms. The van der Waals surface area contributed by atoms with Gasteiger partial charge in [0.15, 0.2) is 5.78 Å². The van der Waals surface area contributed by atoms with E-state index < -0.39 is 0 Å². The van der Waals surface area contributed by atoms with E-state index in [9.17, 15) is 9.59 Å². The number of hydrogen-bond acceptors (Lipinski definition) is 5. The number of morpholine rings is 1. The van der Waals surface area contributed by atoms with Crippen molar-refractivity contribution in [3.8, 4) is 0 Å². The van der Waals surface area contributed by atoms with Crippen molar-refractivity contribution in [3.05, 3.63) is 40.5 Å². The molecule has 8 heteroatoms. The zero-order chi connectivity index (χ0) is 20.7. The summed E-state index contributed by atoms with van der Waals surface area (Å²) in [6.07, 6.45) is 5.79. The lowest BCUT2D eigenvalue weighted by atomic mass is 9.93. The molecule has 4 rings (SSSR count). The second-order valence-electron chi connectivity index (χ2n) is 8.32. The number of carbonyl (C=O) groups excluding carboxylic acids is 2. The summed E-state index contributed by atoms with van der Waals surface area (Å²) < 4.78 is 7.82. The van der Waals surface area contributed by atoms with Gasteiger partial charge in [-0.3, -0.25) is 14.3 Å². The number of amides is 1. The van der Waals surface area contributed by atoms with E-state index in [0.29, 0.717) is 31.8 Å². The Balaban J connectivity index is 1.71. The van der Waals surface area contributed by atoms with Crippen molar-refractivity contribution < 1.29 is 14.3 Å². The number of aromatic amines is 1. The van der Waals surface area contributed by atoms with Gasteiger partial charge in [-0.05, 0) is 39.4 Å². The summed E-state index contributed by atoms with van der Waals surface area (Å²) >= 11 is 0. The Kier molecular flexibility index (Phi) is 5.31. The van der Waals surface area contributed by atoms with Crippen molar-refractivity contribution in [2.75, 3.05) is 33.8 Å². The Morgan fingerprint density at radius 2 is 2.17 bits per heavy atom. The van der Waals surface area contributed by atoms with Crippen LogP contribution in [-0.4, -0.2) is 76.2 Å². The SMILES string of the molecule is Cc1c(C(=O)N2CCO[C@@H](CN(C)C)[C@@H]2c2cnn(C)c2)[nH]c2c1C(=O)CCC2. The maximum absolute atomic E-state index is 13.7. The van der Waals surface area contributed by atoms with Gasteiger partial charge in [0.2, 0.25) is 0 Å². The molecule has 0 radical (unpaired) electrons. The zero-order valence-electron chi connectivity index (χ0n) is 17.6. The molecule has 2 aliphatic rings. The van der Waals surface area contributed by atoms with E-state index in [-0.39, 0.29) is 23.8 Å². The van der Waals surface area contributed by atoms with Crippen molar-refractivity contribution in [2.24, 2.45) is 7.05 Å². The molecule has 1 amide bonds. The summed E-state index contributed by atoms with van der Waals surface area (Å²) in [5.74, 6) is 0.0564. The molecule has 0 aromatic carbocycles. The number of hydrogen-bond donors (Lipinski definition) is 1. The summed E-state index contributed by atoms with van der Waals surface area (Å²) in [4.78, 5) is 33.3. The fourth-order valence-electron chi connectivity index (χ4n) is 4.59. The first kappa shape index (κ1) is 19.8. The molecule has 3 heterocycles. The van der Waals surface area contributed by atoms with Gasteiger partial charge in [-0.25, -0.2) is 0 Å². The average molecular weight is 399 g/mol. The summed E-state index contributed by atoms with van der Waals surface area (Å²) in [6.45, 7) is 3.56. The number of fused-ring (bicyclic) bond motifs is 1. The van der Waals surface area contributed by atoms with Gasteiger partial charge in [-0.1, -0.05) is 0 Å². The van der Waals surface area contributed by atoms with Gasteiger partial charge in [-0.15, -0.1) is 0 Å². The second-order valence-corrected chi connectivity index (χ2v) is 8.32.